The molecule has 2 rings (SSSR count). The molecule has 0 N–H and O–H groups in total. The van der Waals surface area contributed by atoms with Gasteiger partial charge in [0.1, 0.15) is 11.6 Å². The fraction of sp³-hybridized carbons (Fsp3) is 0.333. The molecule has 0 fully saturated rings. The Bertz CT molecular complexity index is 554. The van der Waals surface area contributed by atoms with Crippen molar-refractivity contribution in [3.63, 3.8) is 0 Å². The van der Waals surface area contributed by atoms with E-state index in [4.69, 9.17) is 0 Å². The van der Waals surface area contributed by atoms with Crippen molar-refractivity contribution in [2.24, 2.45) is 0 Å². The predicted octanol–water partition coefficient (Wildman–Crippen LogP) is 3.06. The Labute approximate surface area is 112 Å². The molecule has 2 aromatic rings. The zero-order valence-corrected chi connectivity index (χ0v) is 11.4. The first-order valence-corrected chi connectivity index (χ1v) is 6.68. The summed E-state index contributed by atoms with van der Waals surface area (Å²) in [5, 5.41) is 8.73. The van der Waals surface area contributed by atoms with Crippen LogP contribution in [-0.2, 0) is 18.3 Å². The van der Waals surface area contributed by atoms with Crippen LogP contribution in [0.25, 0.3) is 0 Å². The van der Waals surface area contributed by atoms with Gasteiger partial charge in [0.05, 0.1) is 5.33 Å². The molecule has 96 valence electrons. The first-order valence-electron chi connectivity index (χ1n) is 5.56. The Morgan fingerprint density at radius 3 is 2.50 bits per heavy atom. The molecule has 0 unspecified atom stereocenters. The maximum atomic E-state index is 13.1. The van der Waals surface area contributed by atoms with Crippen molar-refractivity contribution < 1.29 is 8.78 Å². The molecule has 0 saturated carbocycles. The monoisotopic (exact) mass is 315 g/mol. The van der Waals surface area contributed by atoms with Crippen molar-refractivity contribution in [3.05, 3.63) is 47.0 Å². The molecule has 0 bridgehead atoms. The maximum absolute atomic E-state index is 13.1. The molecule has 1 heterocycles. The van der Waals surface area contributed by atoms with Gasteiger partial charge < -0.3 is 4.57 Å². The highest BCUT2D eigenvalue weighted by Crippen LogP contribution is 2.14. The molecule has 1 aromatic heterocycles. The average molecular weight is 316 g/mol. The van der Waals surface area contributed by atoms with E-state index in [-0.39, 0.29) is 0 Å². The minimum Gasteiger partial charge on any atom is -0.314 e. The van der Waals surface area contributed by atoms with Crippen LogP contribution in [0, 0.1) is 11.6 Å². The lowest BCUT2D eigenvalue weighted by molar-refractivity contribution is 0.507. The Balaban J connectivity index is 2.28. The summed E-state index contributed by atoms with van der Waals surface area (Å²) in [6.45, 7) is 2.73. The first kappa shape index (κ1) is 13.1. The van der Waals surface area contributed by atoms with Crippen molar-refractivity contribution in [1.82, 2.24) is 14.8 Å². The Hall–Kier alpha value is -1.30. The zero-order valence-electron chi connectivity index (χ0n) is 9.83. The zero-order chi connectivity index (χ0) is 13.1. The fourth-order valence-corrected chi connectivity index (χ4v) is 2.21. The fourth-order valence-electron chi connectivity index (χ4n) is 1.80. The third kappa shape index (κ3) is 2.58. The summed E-state index contributed by atoms with van der Waals surface area (Å²) >= 11 is 3.34. The molecule has 6 heteroatoms. The van der Waals surface area contributed by atoms with Crippen molar-refractivity contribution in [1.29, 1.82) is 0 Å². The van der Waals surface area contributed by atoms with Gasteiger partial charge >= 0.3 is 0 Å². The van der Waals surface area contributed by atoms with Gasteiger partial charge in [-0.25, -0.2) is 8.78 Å². The van der Waals surface area contributed by atoms with E-state index in [9.17, 15) is 8.78 Å². The molecule has 0 saturated heterocycles. The van der Waals surface area contributed by atoms with Crippen LogP contribution in [0.1, 0.15) is 24.1 Å². The van der Waals surface area contributed by atoms with Gasteiger partial charge in [0, 0.05) is 13.0 Å². The highest BCUT2D eigenvalue weighted by Gasteiger charge is 2.11. The Morgan fingerprint density at radius 2 is 1.89 bits per heavy atom. The van der Waals surface area contributed by atoms with E-state index < -0.39 is 11.6 Å². The molecular formula is C12H12BrF2N3. The molecule has 1 aromatic carbocycles. The number of halogens is 3. The van der Waals surface area contributed by atoms with Gasteiger partial charge in [0.2, 0.25) is 0 Å². The van der Waals surface area contributed by atoms with Gasteiger partial charge in [-0.15, -0.1) is 10.2 Å². The van der Waals surface area contributed by atoms with E-state index in [1.54, 1.807) is 6.07 Å². The lowest BCUT2D eigenvalue weighted by Gasteiger charge is -2.06. The summed E-state index contributed by atoms with van der Waals surface area (Å²) in [6, 6.07) is 3.88. The largest absolute Gasteiger partial charge is 0.314 e. The molecule has 0 radical (unpaired) electrons. The van der Waals surface area contributed by atoms with Crippen LogP contribution >= 0.6 is 15.9 Å². The molecule has 0 aliphatic heterocycles. The number of aromatic nitrogens is 3. The predicted molar refractivity (Wildman–Crippen MR) is 67.5 cm³/mol. The lowest BCUT2D eigenvalue weighted by atomic mass is 10.1. The summed E-state index contributed by atoms with van der Waals surface area (Å²) in [6.07, 6.45) is 0.436. The Morgan fingerprint density at radius 1 is 1.17 bits per heavy atom. The van der Waals surface area contributed by atoms with Crippen LogP contribution in [-0.4, -0.2) is 14.8 Å². The number of rotatable bonds is 4. The van der Waals surface area contributed by atoms with Crippen LogP contribution in [0.3, 0.4) is 0 Å². The molecule has 0 amide bonds. The minimum absolute atomic E-state index is 0.436. The van der Waals surface area contributed by atoms with E-state index in [0.29, 0.717) is 17.3 Å². The third-order valence-corrected chi connectivity index (χ3v) is 3.19. The molecule has 0 aliphatic rings. The smallest absolute Gasteiger partial charge is 0.159 e. The van der Waals surface area contributed by atoms with Crippen LogP contribution in [0.4, 0.5) is 8.78 Å². The summed E-state index contributed by atoms with van der Waals surface area (Å²) in [4.78, 5) is 0. The highest BCUT2D eigenvalue weighted by molar-refractivity contribution is 9.08. The second kappa shape index (κ2) is 5.56. The molecule has 0 spiro atoms. The van der Waals surface area contributed by atoms with Crippen LogP contribution < -0.4 is 0 Å². The Kier molecular flexibility index (Phi) is 4.06. The van der Waals surface area contributed by atoms with Gasteiger partial charge in [0.25, 0.3) is 0 Å². The quantitative estimate of drug-likeness (QED) is 0.812. The maximum Gasteiger partial charge on any atom is 0.159 e. The normalized spacial score (nSPS) is 10.9. The van der Waals surface area contributed by atoms with Crippen LogP contribution in [0.15, 0.2) is 18.2 Å². The van der Waals surface area contributed by atoms with Crippen LogP contribution in [0.5, 0.6) is 0 Å². The topological polar surface area (TPSA) is 30.7 Å². The van der Waals surface area contributed by atoms with Gasteiger partial charge in [-0.3, -0.25) is 0 Å². The van der Waals surface area contributed by atoms with Gasteiger partial charge in [-0.1, -0.05) is 22.0 Å². The SMILES string of the molecule is CCn1c(CBr)nnc1Cc1ccc(F)c(F)c1. The number of alkyl halides is 1. The van der Waals surface area contributed by atoms with E-state index >= 15 is 0 Å². The van der Waals surface area contributed by atoms with E-state index in [1.807, 2.05) is 11.5 Å². The summed E-state index contributed by atoms with van der Waals surface area (Å²) in [7, 11) is 0. The molecule has 0 aliphatic carbocycles. The van der Waals surface area contributed by atoms with Crippen molar-refractivity contribution in [2.45, 2.75) is 25.2 Å². The van der Waals surface area contributed by atoms with Gasteiger partial charge in [-0.05, 0) is 24.6 Å². The highest BCUT2D eigenvalue weighted by atomic mass is 79.9. The number of nitrogens with zero attached hydrogens (tertiary/aromatic N) is 3. The first-order chi connectivity index (χ1) is 8.65. The van der Waals surface area contributed by atoms with E-state index in [2.05, 4.69) is 26.1 Å². The third-order valence-electron chi connectivity index (χ3n) is 2.69. The molecular weight excluding hydrogens is 304 g/mol. The van der Waals surface area contributed by atoms with E-state index in [1.165, 1.54) is 6.07 Å². The summed E-state index contributed by atoms with van der Waals surface area (Å²) < 4.78 is 27.9. The number of benzene rings is 1. The average Bonchev–Trinajstić information content (AvgIpc) is 2.75. The lowest BCUT2D eigenvalue weighted by Crippen LogP contribution is -2.06. The second-order valence-electron chi connectivity index (χ2n) is 3.84. The van der Waals surface area contributed by atoms with Crippen molar-refractivity contribution in [3.8, 4) is 0 Å². The van der Waals surface area contributed by atoms with Crippen LogP contribution in [0.2, 0.25) is 0 Å². The number of hydrogen-bond donors (Lipinski definition) is 0. The molecule has 18 heavy (non-hydrogen) atoms. The van der Waals surface area contributed by atoms with Crippen molar-refractivity contribution >= 4 is 15.9 Å². The van der Waals surface area contributed by atoms with Crippen molar-refractivity contribution in [2.75, 3.05) is 0 Å². The molecule has 0 atom stereocenters. The van der Waals surface area contributed by atoms with Gasteiger partial charge in [-0.2, -0.15) is 0 Å². The minimum atomic E-state index is -0.837. The standard InChI is InChI=1S/C12H12BrF2N3/c1-2-18-11(16-17-12(18)7-13)6-8-3-4-9(14)10(15)5-8/h3-5H,2,6-7H2,1H3. The van der Waals surface area contributed by atoms with Gasteiger partial charge in [0.15, 0.2) is 11.6 Å². The second-order valence-corrected chi connectivity index (χ2v) is 4.40. The summed E-state index contributed by atoms with van der Waals surface area (Å²) in [5.41, 5.74) is 0.678. The number of hydrogen-bond acceptors (Lipinski definition) is 2. The molecule has 3 nitrogen and oxygen atoms in total. The summed E-state index contributed by atoms with van der Waals surface area (Å²) in [5.74, 6) is -0.0966. The van der Waals surface area contributed by atoms with E-state index in [0.717, 1.165) is 24.3 Å².